The number of esters is 1. The van der Waals surface area contributed by atoms with Gasteiger partial charge in [0.2, 0.25) is 6.79 Å². The van der Waals surface area contributed by atoms with Crippen LogP contribution in [0.25, 0.3) is 0 Å². The van der Waals surface area contributed by atoms with Crippen LogP contribution in [0.1, 0.15) is 74.8 Å². The Hall–Kier alpha value is -3.72. The minimum atomic E-state index is -0.976. The van der Waals surface area contributed by atoms with Gasteiger partial charge in [-0.25, -0.2) is 0 Å². The summed E-state index contributed by atoms with van der Waals surface area (Å²) in [5.41, 5.74) is 2.30. The second-order valence-electron chi connectivity index (χ2n) is 10.9. The second-order valence-corrected chi connectivity index (χ2v) is 11.3. The molecule has 1 unspecified atom stereocenters. The highest BCUT2D eigenvalue weighted by Crippen LogP contribution is 2.51. The molecule has 0 radical (unpaired) electrons. The predicted molar refractivity (Wildman–Crippen MR) is 147 cm³/mol. The van der Waals surface area contributed by atoms with Crippen LogP contribution in [0.4, 0.5) is 5.69 Å². The smallest absolute Gasteiger partial charge is 0.315 e. The van der Waals surface area contributed by atoms with Crippen molar-refractivity contribution < 1.29 is 28.7 Å². The SMILES string of the molecule is CC1=NC2=C(C(=O)C[C@@H](c3ccc(Cl)cc3)C2)[C@H](c2cc3c(cc2[N+](=O)[O-])OCO3)C1C(=O)OC1CCCCC1. The Morgan fingerprint density at radius 1 is 1.07 bits per heavy atom. The molecule has 1 saturated carbocycles. The summed E-state index contributed by atoms with van der Waals surface area (Å²) in [5, 5.41) is 12.9. The van der Waals surface area contributed by atoms with Crippen LogP contribution < -0.4 is 9.47 Å². The Labute approximate surface area is 236 Å². The van der Waals surface area contributed by atoms with Crippen molar-refractivity contribution in [3.8, 4) is 11.5 Å². The van der Waals surface area contributed by atoms with E-state index in [0.717, 1.165) is 37.7 Å². The number of aliphatic imine (C=N–C) groups is 1. The summed E-state index contributed by atoms with van der Waals surface area (Å²) in [6, 6.07) is 10.2. The first-order chi connectivity index (χ1) is 19.3. The molecule has 6 rings (SSSR count). The largest absolute Gasteiger partial charge is 0.462 e. The van der Waals surface area contributed by atoms with Crippen LogP contribution in [-0.2, 0) is 14.3 Å². The number of hydrogen-bond acceptors (Lipinski definition) is 8. The lowest BCUT2D eigenvalue weighted by Gasteiger charge is -2.37. The number of allylic oxidation sites excluding steroid dienone is 2. The Kier molecular flexibility index (Phi) is 7.08. The molecule has 2 aromatic carbocycles. The predicted octanol–water partition coefficient (Wildman–Crippen LogP) is 6.43. The number of halogens is 1. The van der Waals surface area contributed by atoms with Crippen molar-refractivity contribution in [3.63, 3.8) is 0 Å². The molecule has 2 aliphatic carbocycles. The van der Waals surface area contributed by atoms with E-state index in [1.54, 1.807) is 19.1 Å². The van der Waals surface area contributed by atoms with Crippen LogP contribution in [0.5, 0.6) is 11.5 Å². The Morgan fingerprint density at radius 2 is 1.77 bits per heavy atom. The zero-order valence-electron chi connectivity index (χ0n) is 22.1. The highest BCUT2D eigenvalue weighted by molar-refractivity contribution is 6.30. The monoisotopic (exact) mass is 564 g/mol. The van der Waals surface area contributed by atoms with Crippen LogP contribution in [0.3, 0.4) is 0 Å². The third-order valence-electron chi connectivity index (χ3n) is 8.37. The number of nitro benzene ring substituents is 1. The number of benzene rings is 2. The summed E-state index contributed by atoms with van der Waals surface area (Å²) in [7, 11) is 0. The minimum absolute atomic E-state index is 0.0656. The summed E-state index contributed by atoms with van der Waals surface area (Å²) in [5.74, 6) is -2.14. The van der Waals surface area contributed by atoms with Gasteiger partial charge in [0.25, 0.3) is 5.69 Å². The fourth-order valence-electron chi connectivity index (χ4n) is 6.45. The first-order valence-electron chi connectivity index (χ1n) is 13.7. The second kappa shape index (κ2) is 10.7. The topological polar surface area (TPSA) is 117 Å². The Bertz CT molecular complexity index is 1440. The summed E-state index contributed by atoms with van der Waals surface area (Å²) in [6.07, 6.45) is 5.04. The fraction of sp³-hybridized carbons (Fsp3) is 0.433. The highest BCUT2D eigenvalue weighted by atomic mass is 35.5. The molecular weight excluding hydrogens is 536 g/mol. The van der Waals surface area contributed by atoms with Gasteiger partial charge in [-0.1, -0.05) is 30.2 Å². The molecule has 10 heteroatoms. The maximum Gasteiger partial charge on any atom is 0.315 e. The number of nitro groups is 1. The lowest BCUT2D eigenvalue weighted by Crippen LogP contribution is -2.39. The van der Waals surface area contributed by atoms with Gasteiger partial charge in [-0.3, -0.25) is 24.7 Å². The van der Waals surface area contributed by atoms with Crippen molar-refractivity contribution in [2.24, 2.45) is 10.9 Å². The fourth-order valence-corrected chi connectivity index (χ4v) is 6.57. The van der Waals surface area contributed by atoms with E-state index in [0.29, 0.717) is 34.2 Å². The van der Waals surface area contributed by atoms with Crippen molar-refractivity contribution in [3.05, 3.63) is 73.9 Å². The van der Waals surface area contributed by atoms with E-state index in [1.807, 2.05) is 12.1 Å². The number of Topliss-reactive ketones (excluding diaryl/α,β-unsaturated/α-hetero) is 1. The van der Waals surface area contributed by atoms with Crippen LogP contribution in [0.15, 0.2) is 52.7 Å². The molecule has 0 saturated heterocycles. The number of rotatable bonds is 5. The van der Waals surface area contributed by atoms with Crippen LogP contribution in [-0.4, -0.2) is 35.3 Å². The van der Waals surface area contributed by atoms with Crippen LogP contribution in [0.2, 0.25) is 5.02 Å². The van der Waals surface area contributed by atoms with Crippen molar-refractivity contribution in [2.45, 2.75) is 69.8 Å². The number of ketones is 1. The van der Waals surface area contributed by atoms with Gasteiger partial charge in [0.15, 0.2) is 17.3 Å². The van der Waals surface area contributed by atoms with Gasteiger partial charge in [-0.15, -0.1) is 0 Å². The van der Waals surface area contributed by atoms with E-state index in [4.69, 9.17) is 30.8 Å². The number of fused-ring (bicyclic) bond motifs is 1. The lowest BCUT2D eigenvalue weighted by atomic mass is 9.69. The van der Waals surface area contributed by atoms with Crippen molar-refractivity contribution >= 4 is 34.8 Å². The van der Waals surface area contributed by atoms with Crippen molar-refractivity contribution in [2.75, 3.05) is 6.79 Å². The zero-order valence-corrected chi connectivity index (χ0v) is 22.8. The van der Waals surface area contributed by atoms with Crippen LogP contribution in [0, 0.1) is 16.0 Å². The molecule has 2 aromatic rings. The molecule has 208 valence electrons. The molecular formula is C30H29ClN2O7. The van der Waals surface area contributed by atoms with Gasteiger partial charge in [-0.2, -0.15) is 0 Å². The molecule has 3 atom stereocenters. The van der Waals surface area contributed by atoms with E-state index in [-0.39, 0.29) is 48.0 Å². The van der Waals surface area contributed by atoms with Gasteiger partial charge in [0.1, 0.15) is 12.0 Å². The van der Waals surface area contributed by atoms with Crippen molar-refractivity contribution in [1.82, 2.24) is 0 Å². The molecule has 0 bridgehead atoms. The molecule has 40 heavy (non-hydrogen) atoms. The number of carbonyl (C=O) groups excluding carboxylic acids is 2. The standard InChI is InChI=1S/C30H29ClN2O7/c1-16-27(30(35)40-20-5-3-2-4-6-20)28(21-13-25-26(39-15-38-25)14-23(21)33(36)37)29-22(32-16)11-18(12-24(29)34)17-7-9-19(31)10-8-17/h7-10,13-14,18,20,27-28H,2-6,11-12,15H2,1H3/t18-,27?,28+/m0/s1. The molecule has 4 aliphatic rings. The average molecular weight is 565 g/mol. The first kappa shape index (κ1) is 26.5. The van der Waals surface area contributed by atoms with Crippen molar-refractivity contribution in [1.29, 1.82) is 0 Å². The summed E-state index contributed by atoms with van der Waals surface area (Å²) >= 11 is 6.08. The third kappa shape index (κ3) is 4.87. The van der Waals surface area contributed by atoms with E-state index >= 15 is 0 Å². The molecule has 0 aromatic heterocycles. The quantitative estimate of drug-likeness (QED) is 0.233. The van der Waals surface area contributed by atoms with Gasteiger partial charge in [-0.05, 0) is 68.7 Å². The number of ether oxygens (including phenoxy) is 3. The molecule has 0 spiro atoms. The van der Waals surface area contributed by atoms with E-state index in [2.05, 4.69) is 0 Å². The van der Waals surface area contributed by atoms with Gasteiger partial charge >= 0.3 is 5.97 Å². The zero-order chi connectivity index (χ0) is 28.0. The molecule has 2 aliphatic heterocycles. The van der Waals surface area contributed by atoms with Gasteiger partial charge in [0.05, 0.1) is 11.0 Å². The first-order valence-corrected chi connectivity index (χ1v) is 14.0. The van der Waals surface area contributed by atoms with Gasteiger partial charge < -0.3 is 14.2 Å². The van der Waals surface area contributed by atoms with E-state index in [1.165, 1.54) is 12.1 Å². The number of nitrogens with zero attached hydrogens (tertiary/aromatic N) is 2. The molecule has 0 N–H and O–H groups in total. The molecule has 9 nitrogen and oxygen atoms in total. The molecule has 2 heterocycles. The Balaban J connectivity index is 1.46. The highest BCUT2D eigenvalue weighted by Gasteiger charge is 2.48. The maximum absolute atomic E-state index is 13.9. The minimum Gasteiger partial charge on any atom is -0.462 e. The van der Waals surface area contributed by atoms with Gasteiger partial charge in [0, 0.05) is 39.9 Å². The normalized spacial score (nSPS) is 24.4. The summed E-state index contributed by atoms with van der Waals surface area (Å²) < 4.78 is 16.9. The summed E-state index contributed by atoms with van der Waals surface area (Å²) in [4.78, 5) is 44.3. The van der Waals surface area contributed by atoms with E-state index in [9.17, 15) is 19.7 Å². The third-order valence-corrected chi connectivity index (χ3v) is 8.62. The lowest BCUT2D eigenvalue weighted by molar-refractivity contribution is -0.385. The maximum atomic E-state index is 13.9. The summed E-state index contributed by atoms with van der Waals surface area (Å²) in [6.45, 7) is 1.67. The average Bonchev–Trinajstić information content (AvgIpc) is 3.40. The molecule has 1 fully saturated rings. The number of hydrogen-bond donors (Lipinski definition) is 0. The molecule has 0 amide bonds. The Morgan fingerprint density at radius 3 is 2.48 bits per heavy atom. The number of carbonyl (C=O) groups is 2. The van der Waals surface area contributed by atoms with Crippen LogP contribution >= 0.6 is 11.6 Å². The van der Waals surface area contributed by atoms with E-state index < -0.39 is 22.7 Å².